The van der Waals surface area contributed by atoms with Crippen molar-refractivity contribution in [2.45, 2.75) is 57.4 Å². The fourth-order valence-electron chi connectivity index (χ4n) is 3.47. The van der Waals surface area contributed by atoms with Crippen LogP contribution in [0, 0.1) is 11.8 Å². The zero-order valence-electron chi connectivity index (χ0n) is 13.0. The van der Waals surface area contributed by atoms with E-state index in [-0.39, 0.29) is 30.4 Å². The van der Waals surface area contributed by atoms with E-state index in [0.717, 1.165) is 51.5 Å². The van der Waals surface area contributed by atoms with Gasteiger partial charge in [0.25, 0.3) is 0 Å². The Kier molecular flexibility index (Phi) is 6.03. The minimum atomic E-state index is -0.156. The topological polar surface area (TPSA) is 69.6 Å². The molecule has 1 unspecified atom stereocenters. The fraction of sp³-hybridized carbons (Fsp3) is 0.875. The van der Waals surface area contributed by atoms with Gasteiger partial charge < -0.3 is 15.3 Å². The molecule has 2 fully saturated rings. The van der Waals surface area contributed by atoms with E-state index in [9.17, 15) is 14.7 Å². The molecule has 2 amide bonds. The number of nitrogens with zero attached hydrogens (tertiary/aromatic N) is 1. The molecular weight excluding hydrogens is 268 g/mol. The molecule has 5 heteroatoms. The van der Waals surface area contributed by atoms with Gasteiger partial charge in [-0.3, -0.25) is 9.59 Å². The Bertz CT molecular complexity index is 365. The van der Waals surface area contributed by atoms with Crippen LogP contribution in [0.3, 0.4) is 0 Å². The second-order valence-electron chi connectivity index (χ2n) is 6.55. The van der Waals surface area contributed by atoms with E-state index in [1.165, 1.54) is 0 Å². The van der Waals surface area contributed by atoms with Crippen molar-refractivity contribution in [3.05, 3.63) is 0 Å². The lowest BCUT2D eigenvalue weighted by Crippen LogP contribution is -2.41. The largest absolute Gasteiger partial charge is 0.396 e. The highest BCUT2D eigenvalue weighted by atomic mass is 16.3. The maximum absolute atomic E-state index is 12.4. The number of aliphatic hydroxyl groups excluding tert-OH is 1. The summed E-state index contributed by atoms with van der Waals surface area (Å²) in [5, 5.41) is 12.1. The summed E-state index contributed by atoms with van der Waals surface area (Å²) in [4.78, 5) is 26.2. The molecule has 120 valence electrons. The molecule has 1 heterocycles. The summed E-state index contributed by atoms with van der Waals surface area (Å²) in [6.45, 7) is 0.997. The average Bonchev–Trinajstić information content (AvgIpc) is 2.71. The molecule has 1 saturated carbocycles. The van der Waals surface area contributed by atoms with Gasteiger partial charge in [-0.05, 0) is 44.4 Å². The minimum Gasteiger partial charge on any atom is -0.396 e. The van der Waals surface area contributed by atoms with E-state index in [4.69, 9.17) is 0 Å². The zero-order chi connectivity index (χ0) is 15.2. The van der Waals surface area contributed by atoms with Crippen LogP contribution in [0.15, 0.2) is 0 Å². The van der Waals surface area contributed by atoms with Crippen LogP contribution >= 0.6 is 0 Å². The van der Waals surface area contributed by atoms with Crippen LogP contribution in [-0.2, 0) is 9.59 Å². The molecule has 0 aromatic rings. The fourth-order valence-corrected chi connectivity index (χ4v) is 3.47. The van der Waals surface area contributed by atoms with Crippen LogP contribution in [0.4, 0.5) is 0 Å². The first-order valence-corrected chi connectivity index (χ1v) is 8.26. The lowest BCUT2D eigenvalue weighted by Gasteiger charge is -2.34. The summed E-state index contributed by atoms with van der Waals surface area (Å²) >= 11 is 0. The Morgan fingerprint density at radius 2 is 1.95 bits per heavy atom. The van der Waals surface area contributed by atoms with Crippen LogP contribution in [0.1, 0.15) is 51.4 Å². The van der Waals surface area contributed by atoms with Gasteiger partial charge in [0.1, 0.15) is 0 Å². The van der Waals surface area contributed by atoms with Crippen molar-refractivity contribution in [2.75, 3.05) is 20.2 Å². The molecule has 1 aliphatic carbocycles. The van der Waals surface area contributed by atoms with Crippen molar-refractivity contribution >= 4 is 11.8 Å². The van der Waals surface area contributed by atoms with Crippen LogP contribution in [-0.4, -0.2) is 48.1 Å². The van der Waals surface area contributed by atoms with Crippen LogP contribution in [0.2, 0.25) is 0 Å². The molecule has 1 aliphatic heterocycles. The third kappa shape index (κ3) is 4.43. The van der Waals surface area contributed by atoms with Crippen LogP contribution < -0.4 is 5.32 Å². The molecule has 0 aromatic carbocycles. The molecule has 0 radical (unpaired) electrons. The SMILES string of the molecule is CN(C(=O)CC1CCCCNC1=O)C1CCC(CO)CC1. The first kappa shape index (κ1) is 16.3. The molecule has 2 rings (SSSR count). The first-order chi connectivity index (χ1) is 10.1. The van der Waals surface area contributed by atoms with E-state index < -0.39 is 0 Å². The number of amides is 2. The van der Waals surface area contributed by atoms with Gasteiger partial charge in [-0.2, -0.15) is 0 Å². The highest BCUT2D eigenvalue weighted by molar-refractivity contribution is 5.86. The first-order valence-electron chi connectivity index (χ1n) is 8.26. The number of aliphatic hydroxyl groups is 1. The van der Waals surface area contributed by atoms with Gasteiger partial charge in [0.15, 0.2) is 0 Å². The molecule has 5 nitrogen and oxygen atoms in total. The van der Waals surface area contributed by atoms with E-state index in [1.54, 1.807) is 0 Å². The molecule has 0 aromatic heterocycles. The molecule has 2 N–H and O–H groups in total. The predicted octanol–water partition coefficient (Wildman–Crippen LogP) is 1.30. The number of carbonyl (C=O) groups is 2. The van der Waals surface area contributed by atoms with Crippen molar-refractivity contribution in [2.24, 2.45) is 11.8 Å². The third-order valence-corrected chi connectivity index (χ3v) is 5.09. The maximum atomic E-state index is 12.4. The zero-order valence-corrected chi connectivity index (χ0v) is 13.0. The second kappa shape index (κ2) is 7.78. The van der Waals surface area contributed by atoms with E-state index in [2.05, 4.69) is 5.32 Å². The van der Waals surface area contributed by atoms with Crippen molar-refractivity contribution in [3.8, 4) is 0 Å². The second-order valence-corrected chi connectivity index (χ2v) is 6.55. The molecule has 0 bridgehead atoms. The van der Waals surface area contributed by atoms with Crippen molar-refractivity contribution in [3.63, 3.8) is 0 Å². The number of hydrogen-bond acceptors (Lipinski definition) is 3. The number of carbonyl (C=O) groups excluding carboxylic acids is 2. The Hall–Kier alpha value is -1.10. The molecule has 21 heavy (non-hydrogen) atoms. The predicted molar refractivity (Wildman–Crippen MR) is 80.6 cm³/mol. The molecule has 1 atom stereocenters. The summed E-state index contributed by atoms with van der Waals surface area (Å²) in [7, 11) is 1.86. The lowest BCUT2D eigenvalue weighted by molar-refractivity contribution is -0.137. The minimum absolute atomic E-state index is 0.0400. The molecule has 0 spiro atoms. The number of hydrogen-bond donors (Lipinski definition) is 2. The highest BCUT2D eigenvalue weighted by Crippen LogP contribution is 2.27. The highest BCUT2D eigenvalue weighted by Gasteiger charge is 2.29. The average molecular weight is 296 g/mol. The van der Waals surface area contributed by atoms with Gasteiger partial charge >= 0.3 is 0 Å². The van der Waals surface area contributed by atoms with Gasteiger partial charge in [0.05, 0.1) is 0 Å². The summed E-state index contributed by atoms with van der Waals surface area (Å²) in [5.41, 5.74) is 0. The van der Waals surface area contributed by atoms with Gasteiger partial charge in [-0.15, -0.1) is 0 Å². The van der Waals surface area contributed by atoms with Gasteiger partial charge in [-0.1, -0.05) is 6.42 Å². The Morgan fingerprint density at radius 1 is 1.24 bits per heavy atom. The monoisotopic (exact) mass is 296 g/mol. The Morgan fingerprint density at radius 3 is 2.62 bits per heavy atom. The molecular formula is C16H28N2O3. The van der Waals surface area contributed by atoms with E-state index in [1.807, 2.05) is 11.9 Å². The normalized spacial score (nSPS) is 30.4. The number of nitrogens with one attached hydrogen (secondary N) is 1. The maximum Gasteiger partial charge on any atom is 0.223 e. The van der Waals surface area contributed by atoms with E-state index in [0.29, 0.717) is 12.3 Å². The summed E-state index contributed by atoms with van der Waals surface area (Å²) < 4.78 is 0. The van der Waals surface area contributed by atoms with Gasteiger partial charge in [0, 0.05) is 38.6 Å². The van der Waals surface area contributed by atoms with Crippen molar-refractivity contribution in [1.82, 2.24) is 10.2 Å². The molecule has 2 aliphatic rings. The number of rotatable bonds is 4. The Labute approximate surface area is 127 Å². The molecule has 1 saturated heterocycles. The van der Waals surface area contributed by atoms with Gasteiger partial charge in [-0.25, -0.2) is 0 Å². The van der Waals surface area contributed by atoms with Crippen molar-refractivity contribution < 1.29 is 14.7 Å². The third-order valence-electron chi connectivity index (χ3n) is 5.09. The smallest absolute Gasteiger partial charge is 0.223 e. The summed E-state index contributed by atoms with van der Waals surface area (Å²) in [6.07, 6.45) is 7.09. The van der Waals surface area contributed by atoms with Crippen LogP contribution in [0.25, 0.3) is 0 Å². The summed E-state index contributed by atoms with van der Waals surface area (Å²) in [5.74, 6) is 0.372. The van der Waals surface area contributed by atoms with Crippen LogP contribution in [0.5, 0.6) is 0 Å². The van der Waals surface area contributed by atoms with Gasteiger partial charge in [0.2, 0.25) is 11.8 Å². The lowest BCUT2D eigenvalue weighted by atomic mass is 9.85. The van der Waals surface area contributed by atoms with E-state index >= 15 is 0 Å². The standard InChI is InChI=1S/C16H28N2O3/c1-18(14-7-5-12(11-19)6-8-14)15(20)10-13-4-2-3-9-17-16(13)21/h12-14,19H,2-11H2,1H3,(H,17,21). The summed E-state index contributed by atoms with van der Waals surface area (Å²) in [6, 6.07) is 0.272. The quantitative estimate of drug-likeness (QED) is 0.821. The Balaban J connectivity index is 1.83. The van der Waals surface area contributed by atoms with Crippen molar-refractivity contribution in [1.29, 1.82) is 0 Å².